The molecule has 1 atom stereocenters. The summed E-state index contributed by atoms with van der Waals surface area (Å²) in [5.74, 6) is 0.712. The van der Waals surface area contributed by atoms with Crippen molar-refractivity contribution < 1.29 is 4.79 Å². The number of hydrogen-bond donors (Lipinski definition) is 2. The Morgan fingerprint density at radius 1 is 1.24 bits per heavy atom. The minimum atomic E-state index is 0.0557. The van der Waals surface area contributed by atoms with E-state index in [1.165, 1.54) is 5.56 Å². The summed E-state index contributed by atoms with van der Waals surface area (Å²) in [6.45, 7) is 2.06. The Morgan fingerprint density at radius 2 is 2.00 bits per heavy atom. The molecule has 3 nitrogen and oxygen atoms in total. The molecular weight excluding hydrogens is 280 g/mol. The van der Waals surface area contributed by atoms with Gasteiger partial charge in [0.1, 0.15) is 0 Å². The van der Waals surface area contributed by atoms with Crippen LogP contribution in [0.4, 0.5) is 5.69 Å². The van der Waals surface area contributed by atoms with Crippen molar-refractivity contribution in [3.8, 4) is 0 Å². The van der Waals surface area contributed by atoms with Gasteiger partial charge in [-0.2, -0.15) is 0 Å². The zero-order chi connectivity index (χ0) is 11.8. The highest BCUT2D eigenvalue weighted by atomic mass is 79.9. The van der Waals surface area contributed by atoms with Crippen molar-refractivity contribution in [1.29, 1.82) is 0 Å². The second-order valence-corrected chi connectivity index (χ2v) is 5.70. The van der Waals surface area contributed by atoms with Gasteiger partial charge < -0.3 is 10.6 Å². The molecule has 1 aromatic rings. The van der Waals surface area contributed by atoms with E-state index >= 15 is 0 Å². The zero-order valence-electron chi connectivity index (χ0n) is 9.50. The first kappa shape index (κ1) is 11.2. The number of hydrogen-bond acceptors (Lipinski definition) is 2. The Kier molecular flexibility index (Phi) is 2.92. The van der Waals surface area contributed by atoms with E-state index in [9.17, 15) is 4.79 Å². The molecule has 0 aliphatic carbocycles. The van der Waals surface area contributed by atoms with Crippen molar-refractivity contribution in [1.82, 2.24) is 5.32 Å². The third-order valence-corrected chi connectivity index (χ3v) is 4.24. The second kappa shape index (κ2) is 4.42. The fourth-order valence-electron chi connectivity index (χ4n) is 2.91. The average molecular weight is 295 g/mol. The molecule has 0 bridgehead atoms. The molecule has 2 N–H and O–H groups in total. The summed E-state index contributed by atoms with van der Waals surface area (Å²) in [4.78, 5) is 12.1. The third kappa shape index (κ3) is 2.00. The number of anilines is 1. The number of carbonyl (C=O) groups excluding carboxylic acids is 1. The normalized spacial score (nSPS) is 24.5. The van der Waals surface area contributed by atoms with Crippen LogP contribution in [0.5, 0.6) is 0 Å². The molecule has 2 heterocycles. The summed E-state index contributed by atoms with van der Waals surface area (Å²) in [5, 5.41) is 6.34. The van der Waals surface area contributed by atoms with Crippen LogP contribution in [-0.4, -0.2) is 19.0 Å². The minimum Gasteiger partial charge on any atom is -0.325 e. The van der Waals surface area contributed by atoms with Crippen LogP contribution in [0.2, 0.25) is 0 Å². The third-order valence-electron chi connectivity index (χ3n) is 3.75. The van der Waals surface area contributed by atoms with Gasteiger partial charge in [-0.3, -0.25) is 4.79 Å². The predicted octanol–water partition coefficient (Wildman–Crippen LogP) is 2.48. The average Bonchev–Trinajstić information content (AvgIpc) is 2.65. The molecule has 1 saturated heterocycles. The van der Waals surface area contributed by atoms with Gasteiger partial charge in [0.25, 0.3) is 0 Å². The van der Waals surface area contributed by atoms with Crippen molar-refractivity contribution in [2.45, 2.75) is 18.8 Å². The van der Waals surface area contributed by atoms with Crippen molar-refractivity contribution in [3.63, 3.8) is 0 Å². The maximum absolute atomic E-state index is 12.1. The molecule has 0 spiro atoms. The zero-order valence-corrected chi connectivity index (χ0v) is 11.1. The number of benzene rings is 1. The van der Waals surface area contributed by atoms with E-state index in [1.807, 2.05) is 12.1 Å². The van der Waals surface area contributed by atoms with Crippen molar-refractivity contribution >= 4 is 27.5 Å². The van der Waals surface area contributed by atoms with E-state index in [4.69, 9.17) is 0 Å². The maximum Gasteiger partial charge on any atom is 0.232 e. The van der Waals surface area contributed by atoms with Gasteiger partial charge in [0, 0.05) is 10.2 Å². The fraction of sp³-hybridized carbons (Fsp3) is 0.462. The number of amides is 1. The Morgan fingerprint density at radius 3 is 2.76 bits per heavy atom. The van der Waals surface area contributed by atoms with Gasteiger partial charge in [-0.1, -0.05) is 22.0 Å². The first-order chi connectivity index (χ1) is 8.25. The van der Waals surface area contributed by atoms with Crippen LogP contribution in [-0.2, 0) is 4.79 Å². The van der Waals surface area contributed by atoms with Crippen LogP contribution in [0.15, 0.2) is 22.7 Å². The molecular formula is C13H15BrN2O. The molecule has 3 rings (SSSR count). The lowest BCUT2D eigenvalue weighted by Gasteiger charge is -2.26. The monoisotopic (exact) mass is 294 g/mol. The fourth-order valence-corrected chi connectivity index (χ4v) is 3.27. The molecule has 4 heteroatoms. The summed E-state index contributed by atoms with van der Waals surface area (Å²) in [6, 6.07) is 6.09. The van der Waals surface area contributed by atoms with Gasteiger partial charge >= 0.3 is 0 Å². The van der Waals surface area contributed by atoms with Crippen LogP contribution >= 0.6 is 15.9 Å². The molecule has 0 aromatic heterocycles. The summed E-state index contributed by atoms with van der Waals surface area (Å²) in [5.41, 5.74) is 2.15. The number of nitrogens with one attached hydrogen (secondary N) is 2. The standard InChI is InChI=1S/C13H15BrN2O/c14-9-1-2-10-11(7-9)16-13(17)12(10)8-3-5-15-6-4-8/h1-2,7-8,12,15H,3-6H2,(H,16,17). The van der Waals surface area contributed by atoms with Crippen molar-refractivity contribution in [2.24, 2.45) is 5.92 Å². The first-order valence-corrected chi connectivity index (χ1v) is 6.86. The van der Waals surface area contributed by atoms with Crippen LogP contribution < -0.4 is 10.6 Å². The summed E-state index contributed by atoms with van der Waals surface area (Å²) in [7, 11) is 0. The predicted molar refractivity (Wildman–Crippen MR) is 71.1 cm³/mol. The maximum atomic E-state index is 12.1. The number of piperidine rings is 1. The molecule has 0 radical (unpaired) electrons. The molecule has 90 valence electrons. The Bertz CT molecular complexity index is 455. The van der Waals surface area contributed by atoms with Crippen LogP contribution in [0.3, 0.4) is 0 Å². The van der Waals surface area contributed by atoms with Gasteiger partial charge in [0.2, 0.25) is 5.91 Å². The molecule has 2 aliphatic heterocycles. The summed E-state index contributed by atoms with van der Waals surface area (Å²) >= 11 is 3.44. The van der Waals surface area contributed by atoms with Gasteiger partial charge in [-0.15, -0.1) is 0 Å². The van der Waals surface area contributed by atoms with E-state index in [2.05, 4.69) is 32.6 Å². The first-order valence-electron chi connectivity index (χ1n) is 6.07. The van der Waals surface area contributed by atoms with E-state index in [1.54, 1.807) is 0 Å². The van der Waals surface area contributed by atoms with Gasteiger partial charge in [0.15, 0.2) is 0 Å². The van der Waals surface area contributed by atoms with E-state index in [-0.39, 0.29) is 11.8 Å². The SMILES string of the molecule is O=C1Nc2cc(Br)ccc2C1C1CCNCC1. The quantitative estimate of drug-likeness (QED) is 0.835. The number of rotatable bonds is 1. The largest absolute Gasteiger partial charge is 0.325 e. The second-order valence-electron chi connectivity index (χ2n) is 4.79. The highest BCUT2D eigenvalue weighted by Gasteiger charge is 2.37. The Balaban J connectivity index is 1.93. The lowest BCUT2D eigenvalue weighted by atomic mass is 9.81. The van der Waals surface area contributed by atoms with E-state index in [0.29, 0.717) is 5.92 Å². The highest BCUT2D eigenvalue weighted by Crippen LogP contribution is 2.41. The Hall–Kier alpha value is -0.870. The summed E-state index contributed by atoms with van der Waals surface area (Å²) in [6.07, 6.45) is 2.18. The van der Waals surface area contributed by atoms with Crippen LogP contribution in [0.1, 0.15) is 24.3 Å². The van der Waals surface area contributed by atoms with Gasteiger partial charge in [-0.25, -0.2) is 0 Å². The lowest BCUT2D eigenvalue weighted by molar-refractivity contribution is -0.118. The molecule has 1 amide bonds. The van der Waals surface area contributed by atoms with E-state index in [0.717, 1.165) is 36.1 Å². The molecule has 1 aromatic carbocycles. The lowest BCUT2D eigenvalue weighted by Crippen LogP contribution is -2.33. The molecule has 17 heavy (non-hydrogen) atoms. The number of halogens is 1. The van der Waals surface area contributed by atoms with Crippen LogP contribution in [0, 0.1) is 5.92 Å². The van der Waals surface area contributed by atoms with Crippen molar-refractivity contribution in [3.05, 3.63) is 28.2 Å². The Labute approximate surface area is 109 Å². The topological polar surface area (TPSA) is 41.1 Å². The van der Waals surface area contributed by atoms with Gasteiger partial charge in [0.05, 0.1) is 5.92 Å². The molecule has 2 aliphatic rings. The minimum absolute atomic E-state index is 0.0557. The highest BCUT2D eigenvalue weighted by molar-refractivity contribution is 9.10. The smallest absolute Gasteiger partial charge is 0.232 e. The number of fused-ring (bicyclic) bond motifs is 1. The number of carbonyl (C=O) groups is 1. The van der Waals surface area contributed by atoms with Crippen molar-refractivity contribution in [2.75, 3.05) is 18.4 Å². The molecule has 1 fully saturated rings. The summed E-state index contributed by atoms with van der Waals surface area (Å²) < 4.78 is 1.02. The van der Waals surface area contributed by atoms with Crippen LogP contribution in [0.25, 0.3) is 0 Å². The van der Waals surface area contributed by atoms with E-state index < -0.39 is 0 Å². The molecule has 1 unspecified atom stereocenters. The van der Waals surface area contributed by atoms with Gasteiger partial charge in [-0.05, 0) is 49.5 Å². The molecule has 0 saturated carbocycles.